The fourth-order valence-corrected chi connectivity index (χ4v) is 0.656. The summed E-state index contributed by atoms with van der Waals surface area (Å²) in [5.74, 6) is 0. The van der Waals surface area contributed by atoms with E-state index in [0.717, 1.165) is 19.4 Å². The molecule has 0 aromatic carbocycles. The molecule has 0 heterocycles. The maximum absolute atomic E-state index is 8.68. The zero-order valence-corrected chi connectivity index (χ0v) is 7.38. The highest BCUT2D eigenvalue weighted by atomic mass is 16.5. The number of hydrogen-bond acceptors (Lipinski definition) is 3. The fraction of sp³-hybridized carbons (Fsp3) is 1.00. The van der Waals surface area contributed by atoms with Crippen molar-refractivity contribution < 1.29 is 14.6 Å². The molecule has 1 unspecified atom stereocenters. The molecule has 0 aromatic heterocycles. The van der Waals surface area contributed by atoms with Crippen LogP contribution >= 0.6 is 0 Å². The topological polar surface area (TPSA) is 38.7 Å². The first-order valence-electron chi connectivity index (χ1n) is 4.06. The molecule has 0 amide bonds. The second-order valence-corrected chi connectivity index (χ2v) is 2.47. The summed E-state index contributed by atoms with van der Waals surface area (Å²) in [5, 5.41) is 8.68. The van der Waals surface area contributed by atoms with Gasteiger partial charge in [-0.1, -0.05) is 13.3 Å². The van der Waals surface area contributed by atoms with Crippen molar-refractivity contribution in [3.8, 4) is 0 Å². The molecule has 0 bridgehead atoms. The Morgan fingerprint density at radius 2 is 2.18 bits per heavy atom. The van der Waals surface area contributed by atoms with Crippen LogP contribution in [0.3, 0.4) is 0 Å². The average Bonchev–Trinajstić information content (AvgIpc) is 2.05. The third-order valence-corrected chi connectivity index (χ3v) is 1.48. The standard InChI is InChI=1S/C8H18O3/c1-3-4-5-11-7-8(6-9)10-2/h8-9H,3-7H2,1-2H3. The Morgan fingerprint density at radius 3 is 2.64 bits per heavy atom. The maximum Gasteiger partial charge on any atom is 0.103 e. The third-order valence-electron chi connectivity index (χ3n) is 1.48. The number of aliphatic hydroxyl groups is 1. The second kappa shape index (κ2) is 7.98. The summed E-state index contributed by atoms with van der Waals surface area (Å²) in [4.78, 5) is 0. The molecule has 3 nitrogen and oxygen atoms in total. The van der Waals surface area contributed by atoms with Crippen molar-refractivity contribution in [1.82, 2.24) is 0 Å². The van der Waals surface area contributed by atoms with Gasteiger partial charge in [-0.3, -0.25) is 0 Å². The van der Waals surface area contributed by atoms with E-state index in [0.29, 0.717) is 6.61 Å². The van der Waals surface area contributed by atoms with Crippen LogP contribution in [0.1, 0.15) is 19.8 Å². The Morgan fingerprint density at radius 1 is 1.45 bits per heavy atom. The largest absolute Gasteiger partial charge is 0.394 e. The average molecular weight is 162 g/mol. The number of hydrogen-bond donors (Lipinski definition) is 1. The molecule has 0 aromatic rings. The summed E-state index contributed by atoms with van der Waals surface area (Å²) in [7, 11) is 1.57. The van der Waals surface area contributed by atoms with Crippen molar-refractivity contribution >= 4 is 0 Å². The van der Waals surface area contributed by atoms with Crippen LogP contribution in [0.2, 0.25) is 0 Å². The van der Waals surface area contributed by atoms with E-state index in [2.05, 4.69) is 6.92 Å². The van der Waals surface area contributed by atoms with Crippen molar-refractivity contribution in [3.63, 3.8) is 0 Å². The Balaban J connectivity index is 3.07. The minimum Gasteiger partial charge on any atom is -0.394 e. The van der Waals surface area contributed by atoms with E-state index < -0.39 is 0 Å². The lowest BCUT2D eigenvalue weighted by Gasteiger charge is -2.11. The summed E-state index contributed by atoms with van der Waals surface area (Å²) in [5.41, 5.74) is 0. The van der Waals surface area contributed by atoms with Gasteiger partial charge in [-0.15, -0.1) is 0 Å². The van der Waals surface area contributed by atoms with Gasteiger partial charge in [0.25, 0.3) is 0 Å². The number of ether oxygens (including phenoxy) is 2. The summed E-state index contributed by atoms with van der Waals surface area (Å²) in [6.07, 6.45) is 2.05. The second-order valence-electron chi connectivity index (χ2n) is 2.47. The van der Waals surface area contributed by atoms with Gasteiger partial charge in [-0.2, -0.15) is 0 Å². The fourth-order valence-electron chi connectivity index (χ4n) is 0.656. The highest BCUT2D eigenvalue weighted by Crippen LogP contribution is 1.92. The molecule has 0 rings (SSSR count). The molecule has 68 valence electrons. The van der Waals surface area contributed by atoms with Gasteiger partial charge in [0.1, 0.15) is 6.10 Å². The van der Waals surface area contributed by atoms with Gasteiger partial charge in [0.2, 0.25) is 0 Å². The van der Waals surface area contributed by atoms with Crippen LogP contribution in [-0.4, -0.2) is 38.1 Å². The predicted molar refractivity (Wildman–Crippen MR) is 43.6 cm³/mol. The SMILES string of the molecule is CCCCOCC(CO)OC. The molecular weight excluding hydrogens is 144 g/mol. The zero-order chi connectivity index (χ0) is 8.53. The molecule has 1 atom stereocenters. The molecule has 0 radical (unpaired) electrons. The Labute approximate surface area is 68.3 Å². The smallest absolute Gasteiger partial charge is 0.103 e. The lowest BCUT2D eigenvalue weighted by Crippen LogP contribution is -2.22. The Hall–Kier alpha value is -0.120. The van der Waals surface area contributed by atoms with Crippen molar-refractivity contribution in [2.75, 3.05) is 26.9 Å². The number of methoxy groups -OCH3 is 1. The maximum atomic E-state index is 8.68. The minimum absolute atomic E-state index is 0.0304. The van der Waals surface area contributed by atoms with Gasteiger partial charge in [0.15, 0.2) is 0 Å². The number of unbranched alkanes of at least 4 members (excludes halogenated alkanes) is 1. The van der Waals surface area contributed by atoms with Crippen molar-refractivity contribution in [2.24, 2.45) is 0 Å². The predicted octanol–water partition coefficient (Wildman–Crippen LogP) is 0.810. The molecule has 0 aliphatic heterocycles. The van der Waals surface area contributed by atoms with Gasteiger partial charge in [-0.25, -0.2) is 0 Å². The lowest BCUT2D eigenvalue weighted by molar-refractivity contribution is -0.0203. The van der Waals surface area contributed by atoms with Crippen LogP contribution in [-0.2, 0) is 9.47 Å². The molecule has 0 saturated carbocycles. The van der Waals surface area contributed by atoms with E-state index in [1.165, 1.54) is 0 Å². The molecule has 0 fully saturated rings. The third kappa shape index (κ3) is 6.28. The van der Waals surface area contributed by atoms with Crippen LogP contribution < -0.4 is 0 Å². The highest BCUT2D eigenvalue weighted by Gasteiger charge is 2.03. The van der Waals surface area contributed by atoms with E-state index in [9.17, 15) is 0 Å². The van der Waals surface area contributed by atoms with Gasteiger partial charge < -0.3 is 14.6 Å². The molecule has 0 spiro atoms. The zero-order valence-electron chi connectivity index (χ0n) is 7.38. The Kier molecular flexibility index (Phi) is 7.89. The van der Waals surface area contributed by atoms with Crippen LogP contribution in [0.4, 0.5) is 0 Å². The number of aliphatic hydroxyl groups excluding tert-OH is 1. The van der Waals surface area contributed by atoms with Gasteiger partial charge >= 0.3 is 0 Å². The first kappa shape index (κ1) is 10.9. The minimum atomic E-state index is -0.160. The van der Waals surface area contributed by atoms with E-state index in [1.54, 1.807) is 7.11 Å². The van der Waals surface area contributed by atoms with Crippen LogP contribution in [0.15, 0.2) is 0 Å². The van der Waals surface area contributed by atoms with Crippen molar-refractivity contribution in [3.05, 3.63) is 0 Å². The van der Waals surface area contributed by atoms with E-state index >= 15 is 0 Å². The normalized spacial score (nSPS) is 13.4. The van der Waals surface area contributed by atoms with Crippen LogP contribution in [0.25, 0.3) is 0 Å². The summed E-state index contributed by atoms with van der Waals surface area (Å²) in [6.45, 7) is 3.40. The summed E-state index contributed by atoms with van der Waals surface area (Å²) in [6, 6.07) is 0. The molecule has 0 aliphatic carbocycles. The summed E-state index contributed by atoms with van der Waals surface area (Å²) < 4.78 is 10.1. The van der Waals surface area contributed by atoms with Crippen LogP contribution in [0, 0.1) is 0 Å². The van der Waals surface area contributed by atoms with Gasteiger partial charge in [0, 0.05) is 13.7 Å². The monoisotopic (exact) mass is 162 g/mol. The van der Waals surface area contributed by atoms with E-state index in [1.807, 2.05) is 0 Å². The van der Waals surface area contributed by atoms with Crippen molar-refractivity contribution in [1.29, 1.82) is 0 Å². The molecule has 3 heteroatoms. The van der Waals surface area contributed by atoms with Gasteiger partial charge in [0.05, 0.1) is 13.2 Å². The van der Waals surface area contributed by atoms with E-state index in [4.69, 9.17) is 14.6 Å². The van der Waals surface area contributed by atoms with Crippen molar-refractivity contribution in [2.45, 2.75) is 25.9 Å². The molecule has 0 saturated heterocycles. The molecule has 11 heavy (non-hydrogen) atoms. The summed E-state index contributed by atoms with van der Waals surface area (Å²) >= 11 is 0. The molecule has 0 aliphatic rings. The highest BCUT2D eigenvalue weighted by molar-refractivity contribution is 4.51. The van der Waals surface area contributed by atoms with Crippen LogP contribution in [0.5, 0.6) is 0 Å². The first-order chi connectivity index (χ1) is 5.35. The molecular formula is C8H18O3. The quantitative estimate of drug-likeness (QED) is 0.563. The lowest BCUT2D eigenvalue weighted by atomic mass is 10.3. The first-order valence-corrected chi connectivity index (χ1v) is 4.06. The Bertz CT molecular complexity index is 71.7. The van der Waals surface area contributed by atoms with E-state index in [-0.39, 0.29) is 12.7 Å². The van der Waals surface area contributed by atoms with Gasteiger partial charge in [-0.05, 0) is 6.42 Å². The number of rotatable bonds is 7. The molecule has 1 N–H and O–H groups in total.